The topological polar surface area (TPSA) is 58.6 Å². The van der Waals surface area contributed by atoms with Crippen LogP contribution in [-0.4, -0.2) is 25.0 Å². The fourth-order valence-corrected chi connectivity index (χ4v) is 3.05. The van der Waals surface area contributed by atoms with Gasteiger partial charge in [0.05, 0.1) is 10.6 Å². The first-order valence-electron chi connectivity index (χ1n) is 8.44. The van der Waals surface area contributed by atoms with Gasteiger partial charge in [-0.05, 0) is 36.8 Å². The number of alkyl halides is 3. The molecule has 0 aromatic heterocycles. The zero-order chi connectivity index (χ0) is 20.3. The average Bonchev–Trinajstić information content (AvgIpc) is 3.07. The Bertz CT molecular complexity index is 902. The van der Waals surface area contributed by atoms with Gasteiger partial charge in [-0.3, -0.25) is 9.59 Å². The molecule has 0 unspecified atom stereocenters. The van der Waals surface area contributed by atoms with E-state index >= 15 is 0 Å². The Hall–Kier alpha value is -2.74. The highest BCUT2D eigenvalue weighted by molar-refractivity contribution is 6.31. The lowest BCUT2D eigenvalue weighted by Crippen LogP contribution is -2.24. The van der Waals surface area contributed by atoms with Crippen LogP contribution in [0.4, 0.5) is 24.5 Å². The van der Waals surface area contributed by atoms with Crippen molar-refractivity contribution < 1.29 is 27.5 Å². The van der Waals surface area contributed by atoms with Gasteiger partial charge in [0, 0.05) is 30.4 Å². The molecule has 0 spiro atoms. The molecule has 2 aromatic rings. The van der Waals surface area contributed by atoms with Gasteiger partial charge in [0.15, 0.2) is 6.61 Å². The maximum Gasteiger partial charge on any atom is 0.417 e. The number of amides is 2. The third kappa shape index (κ3) is 4.75. The Balaban J connectivity index is 1.61. The Kier molecular flexibility index (Phi) is 5.79. The molecule has 0 atom stereocenters. The SMILES string of the molecule is O=C(COc1cccc(N2CCCC2=O)c1)Nc1ccc(Cl)c(C(F)(F)F)c1. The molecular formula is C19H16ClF3N2O3. The molecule has 0 aliphatic carbocycles. The number of halogens is 4. The van der Waals surface area contributed by atoms with Crippen LogP contribution < -0.4 is 15.0 Å². The van der Waals surface area contributed by atoms with Gasteiger partial charge >= 0.3 is 6.18 Å². The van der Waals surface area contributed by atoms with Crippen molar-refractivity contribution in [3.05, 3.63) is 53.1 Å². The number of nitrogens with zero attached hydrogens (tertiary/aromatic N) is 1. The predicted molar refractivity (Wildman–Crippen MR) is 98.6 cm³/mol. The average molecular weight is 413 g/mol. The number of carbonyl (C=O) groups excluding carboxylic acids is 2. The fourth-order valence-electron chi connectivity index (χ4n) is 2.83. The molecule has 1 fully saturated rings. The number of nitrogens with one attached hydrogen (secondary N) is 1. The summed E-state index contributed by atoms with van der Waals surface area (Å²) in [5.74, 6) is -0.226. The molecule has 1 saturated heterocycles. The number of hydrogen-bond acceptors (Lipinski definition) is 3. The lowest BCUT2D eigenvalue weighted by Gasteiger charge is -2.16. The van der Waals surface area contributed by atoms with Gasteiger partial charge in [0.1, 0.15) is 5.75 Å². The van der Waals surface area contributed by atoms with Gasteiger partial charge in [-0.2, -0.15) is 13.2 Å². The minimum atomic E-state index is -4.62. The number of anilines is 2. The molecule has 9 heteroatoms. The zero-order valence-electron chi connectivity index (χ0n) is 14.6. The Labute approximate surface area is 164 Å². The van der Waals surface area contributed by atoms with E-state index in [1.54, 1.807) is 29.2 Å². The summed E-state index contributed by atoms with van der Waals surface area (Å²) in [6.07, 6.45) is -3.34. The van der Waals surface area contributed by atoms with E-state index in [9.17, 15) is 22.8 Å². The molecule has 2 aromatic carbocycles. The van der Waals surface area contributed by atoms with Gasteiger partial charge in [0.25, 0.3) is 5.91 Å². The predicted octanol–water partition coefficient (Wildman–Crippen LogP) is 4.50. The molecule has 1 N–H and O–H groups in total. The standard InChI is InChI=1S/C19H16ClF3N2O3/c20-16-7-6-12(9-15(16)19(21,22)23)24-17(26)11-28-14-4-1-3-13(10-14)25-8-2-5-18(25)27/h1,3-4,6-7,9-10H,2,5,8,11H2,(H,24,26). The molecule has 1 heterocycles. The molecule has 0 saturated carbocycles. The Morgan fingerprint density at radius 3 is 2.68 bits per heavy atom. The van der Waals surface area contributed by atoms with Crippen LogP contribution in [0.2, 0.25) is 5.02 Å². The van der Waals surface area contributed by atoms with E-state index in [-0.39, 0.29) is 11.6 Å². The number of hydrogen-bond donors (Lipinski definition) is 1. The van der Waals surface area contributed by atoms with Gasteiger partial charge in [-0.1, -0.05) is 17.7 Å². The number of ether oxygens (including phenoxy) is 1. The van der Waals surface area contributed by atoms with Crippen LogP contribution in [-0.2, 0) is 15.8 Å². The highest BCUT2D eigenvalue weighted by Crippen LogP contribution is 2.36. The molecule has 3 rings (SSSR count). The summed E-state index contributed by atoms with van der Waals surface area (Å²) in [5.41, 5.74) is -0.398. The van der Waals surface area contributed by atoms with Gasteiger partial charge < -0.3 is 15.0 Å². The van der Waals surface area contributed by atoms with Crippen LogP contribution in [0.15, 0.2) is 42.5 Å². The highest BCUT2D eigenvalue weighted by Gasteiger charge is 2.33. The zero-order valence-corrected chi connectivity index (χ0v) is 15.3. The summed E-state index contributed by atoms with van der Waals surface area (Å²) >= 11 is 5.55. The van der Waals surface area contributed by atoms with Gasteiger partial charge in [-0.15, -0.1) is 0 Å². The lowest BCUT2D eigenvalue weighted by atomic mass is 10.2. The number of carbonyl (C=O) groups is 2. The summed E-state index contributed by atoms with van der Waals surface area (Å²) in [4.78, 5) is 25.5. The third-order valence-corrected chi connectivity index (χ3v) is 4.46. The summed E-state index contributed by atoms with van der Waals surface area (Å²) in [6.45, 7) is 0.224. The minimum absolute atomic E-state index is 0.0260. The summed E-state index contributed by atoms with van der Waals surface area (Å²) < 4.78 is 44.0. The van der Waals surface area contributed by atoms with E-state index in [0.29, 0.717) is 24.4 Å². The second kappa shape index (κ2) is 8.10. The van der Waals surface area contributed by atoms with E-state index in [1.807, 2.05) is 0 Å². The largest absolute Gasteiger partial charge is 0.484 e. The van der Waals surface area contributed by atoms with Crippen molar-refractivity contribution >= 4 is 34.8 Å². The van der Waals surface area contributed by atoms with Crippen molar-refractivity contribution in [2.24, 2.45) is 0 Å². The lowest BCUT2D eigenvalue weighted by molar-refractivity contribution is -0.137. The maximum absolute atomic E-state index is 12.9. The van der Waals surface area contributed by atoms with E-state index in [2.05, 4.69) is 5.32 Å². The monoisotopic (exact) mass is 412 g/mol. The number of benzene rings is 2. The first-order valence-corrected chi connectivity index (χ1v) is 8.81. The molecule has 1 aliphatic heterocycles. The first kappa shape index (κ1) is 20.0. The van der Waals surface area contributed by atoms with Gasteiger partial charge in [-0.25, -0.2) is 0 Å². The van der Waals surface area contributed by atoms with E-state index < -0.39 is 29.3 Å². The van der Waals surface area contributed by atoms with Crippen LogP contribution in [0.5, 0.6) is 5.75 Å². The van der Waals surface area contributed by atoms with E-state index in [0.717, 1.165) is 18.6 Å². The minimum Gasteiger partial charge on any atom is -0.484 e. The maximum atomic E-state index is 12.9. The van der Waals surface area contributed by atoms with Crippen molar-refractivity contribution in [3.63, 3.8) is 0 Å². The van der Waals surface area contributed by atoms with Crippen LogP contribution in [0.1, 0.15) is 18.4 Å². The van der Waals surface area contributed by atoms with E-state index in [1.165, 1.54) is 6.07 Å². The third-order valence-electron chi connectivity index (χ3n) is 4.13. The summed E-state index contributed by atoms with van der Waals surface area (Å²) in [6, 6.07) is 9.83. The van der Waals surface area contributed by atoms with Crippen molar-refractivity contribution in [1.82, 2.24) is 0 Å². The molecular weight excluding hydrogens is 397 g/mol. The van der Waals surface area contributed by atoms with Crippen LogP contribution >= 0.6 is 11.6 Å². The van der Waals surface area contributed by atoms with E-state index in [4.69, 9.17) is 16.3 Å². The number of rotatable bonds is 5. The molecule has 2 amide bonds. The Morgan fingerprint density at radius 2 is 2.00 bits per heavy atom. The normalized spacial score (nSPS) is 14.3. The molecule has 148 valence electrons. The molecule has 0 bridgehead atoms. The fraction of sp³-hybridized carbons (Fsp3) is 0.263. The Morgan fingerprint density at radius 1 is 1.21 bits per heavy atom. The van der Waals surface area contributed by atoms with Crippen LogP contribution in [0.3, 0.4) is 0 Å². The first-order chi connectivity index (χ1) is 13.2. The molecule has 0 radical (unpaired) electrons. The second-order valence-corrected chi connectivity index (χ2v) is 6.58. The van der Waals surface area contributed by atoms with Crippen molar-refractivity contribution in [3.8, 4) is 5.75 Å². The van der Waals surface area contributed by atoms with Crippen molar-refractivity contribution in [2.75, 3.05) is 23.4 Å². The molecule has 1 aliphatic rings. The van der Waals surface area contributed by atoms with Crippen molar-refractivity contribution in [2.45, 2.75) is 19.0 Å². The van der Waals surface area contributed by atoms with Crippen LogP contribution in [0, 0.1) is 0 Å². The summed E-state index contributed by atoms with van der Waals surface area (Å²) in [7, 11) is 0. The van der Waals surface area contributed by atoms with Crippen LogP contribution in [0.25, 0.3) is 0 Å². The molecule has 5 nitrogen and oxygen atoms in total. The highest BCUT2D eigenvalue weighted by atomic mass is 35.5. The van der Waals surface area contributed by atoms with Crippen molar-refractivity contribution in [1.29, 1.82) is 0 Å². The summed E-state index contributed by atoms with van der Waals surface area (Å²) in [5, 5.41) is 1.89. The molecule has 28 heavy (non-hydrogen) atoms. The quantitative estimate of drug-likeness (QED) is 0.786. The second-order valence-electron chi connectivity index (χ2n) is 6.18. The van der Waals surface area contributed by atoms with Gasteiger partial charge in [0.2, 0.25) is 5.91 Å². The smallest absolute Gasteiger partial charge is 0.417 e.